The summed E-state index contributed by atoms with van der Waals surface area (Å²) in [7, 11) is -2.08. The molecule has 166 valence electrons. The summed E-state index contributed by atoms with van der Waals surface area (Å²) in [6, 6.07) is 16.5. The van der Waals surface area contributed by atoms with Crippen LogP contribution in [-0.4, -0.2) is 56.8 Å². The molecule has 3 aromatic carbocycles. The Morgan fingerprint density at radius 1 is 0.938 bits per heavy atom. The van der Waals surface area contributed by atoms with Crippen molar-refractivity contribution in [2.45, 2.75) is 4.90 Å². The minimum atomic E-state index is -3.71. The molecule has 3 aromatic rings. The largest absolute Gasteiger partial charge is 0.497 e. The first-order chi connectivity index (χ1) is 15.4. The minimum absolute atomic E-state index is 0.0486. The summed E-state index contributed by atoms with van der Waals surface area (Å²) in [5.74, 6) is 0.132. The molecule has 4 rings (SSSR count). The summed E-state index contributed by atoms with van der Waals surface area (Å²) in [6.07, 6.45) is 3.27. The van der Waals surface area contributed by atoms with E-state index in [0.29, 0.717) is 13.1 Å². The van der Waals surface area contributed by atoms with E-state index in [1.807, 2.05) is 36.4 Å². The topological polar surface area (TPSA) is 66.9 Å². The lowest BCUT2D eigenvalue weighted by Gasteiger charge is -2.33. The van der Waals surface area contributed by atoms with Gasteiger partial charge in [0, 0.05) is 32.3 Å². The van der Waals surface area contributed by atoms with Gasteiger partial charge in [0.15, 0.2) is 0 Å². The van der Waals surface area contributed by atoms with E-state index in [9.17, 15) is 17.6 Å². The van der Waals surface area contributed by atoms with Crippen molar-refractivity contribution >= 4 is 32.8 Å². The van der Waals surface area contributed by atoms with Gasteiger partial charge in [0.05, 0.1) is 12.0 Å². The van der Waals surface area contributed by atoms with E-state index in [1.54, 1.807) is 18.1 Å². The van der Waals surface area contributed by atoms with Gasteiger partial charge in [0.2, 0.25) is 15.9 Å². The van der Waals surface area contributed by atoms with Crippen molar-refractivity contribution < 1.29 is 22.3 Å². The zero-order valence-electron chi connectivity index (χ0n) is 17.6. The molecule has 1 fully saturated rings. The maximum absolute atomic E-state index is 13.1. The lowest BCUT2D eigenvalue weighted by molar-refractivity contribution is -0.127. The van der Waals surface area contributed by atoms with Crippen LogP contribution in [0.3, 0.4) is 0 Å². The monoisotopic (exact) mass is 454 g/mol. The van der Waals surface area contributed by atoms with E-state index < -0.39 is 15.8 Å². The number of hydrogen-bond donors (Lipinski definition) is 0. The first kappa shape index (κ1) is 22.0. The second-order valence-corrected chi connectivity index (χ2v) is 9.43. The number of piperazine rings is 1. The van der Waals surface area contributed by atoms with Gasteiger partial charge in [0.25, 0.3) is 0 Å². The number of nitrogens with zero attached hydrogens (tertiary/aromatic N) is 2. The lowest BCUT2D eigenvalue weighted by atomic mass is 10.1. The Labute approximate surface area is 186 Å². The molecular weight excluding hydrogens is 431 g/mol. The smallest absolute Gasteiger partial charge is 0.246 e. The average molecular weight is 455 g/mol. The second kappa shape index (κ2) is 9.10. The van der Waals surface area contributed by atoms with Crippen LogP contribution >= 0.6 is 0 Å². The molecule has 0 atom stereocenters. The number of carbonyl (C=O) groups excluding carboxylic acids is 1. The number of methoxy groups -OCH3 is 1. The van der Waals surface area contributed by atoms with Crippen molar-refractivity contribution in [3.05, 3.63) is 78.1 Å². The van der Waals surface area contributed by atoms with E-state index in [4.69, 9.17) is 4.74 Å². The number of sulfonamides is 1. The molecule has 0 saturated carbocycles. The maximum Gasteiger partial charge on any atom is 0.246 e. The number of carbonyl (C=O) groups is 1. The molecule has 1 aliphatic rings. The molecule has 1 saturated heterocycles. The number of hydrogen-bond acceptors (Lipinski definition) is 4. The summed E-state index contributed by atoms with van der Waals surface area (Å²) in [4.78, 5) is 14.3. The lowest BCUT2D eigenvalue weighted by Crippen LogP contribution is -2.50. The van der Waals surface area contributed by atoms with Crippen molar-refractivity contribution in [2.24, 2.45) is 0 Å². The van der Waals surface area contributed by atoms with Crippen LogP contribution in [-0.2, 0) is 14.8 Å². The van der Waals surface area contributed by atoms with E-state index in [2.05, 4.69) is 0 Å². The Hall–Kier alpha value is -3.23. The predicted molar refractivity (Wildman–Crippen MR) is 121 cm³/mol. The van der Waals surface area contributed by atoms with E-state index in [-0.39, 0.29) is 23.9 Å². The Morgan fingerprint density at radius 3 is 2.28 bits per heavy atom. The van der Waals surface area contributed by atoms with E-state index >= 15 is 0 Å². The Bertz CT molecular complexity index is 1260. The van der Waals surface area contributed by atoms with Gasteiger partial charge in [-0.2, -0.15) is 4.31 Å². The standard InChI is InChI=1S/C24H23FN2O4S/c1-31-22-8-5-19-16-18(2-4-20(19)17-22)3-11-24(28)26-12-14-27(15-13-26)32(29,30)23-9-6-21(25)7-10-23/h2-11,16-17H,12-15H2,1H3. The van der Waals surface area contributed by atoms with Crippen molar-refractivity contribution in [3.63, 3.8) is 0 Å². The van der Waals surface area contributed by atoms with Crippen LogP contribution in [0.4, 0.5) is 4.39 Å². The molecule has 8 heteroatoms. The van der Waals surface area contributed by atoms with Crippen molar-refractivity contribution in [1.82, 2.24) is 9.21 Å². The number of benzene rings is 3. The number of fused-ring (bicyclic) bond motifs is 1. The summed E-state index contributed by atoms with van der Waals surface area (Å²) < 4.78 is 45.1. The van der Waals surface area contributed by atoms with Gasteiger partial charge >= 0.3 is 0 Å². The predicted octanol–water partition coefficient (Wildman–Crippen LogP) is 3.53. The maximum atomic E-state index is 13.1. The van der Waals surface area contributed by atoms with Crippen LogP contribution in [0, 0.1) is 5.82 Å². The third-order valence-corrected chi connectivity index (χ3v) is 7.40. The van der Waals surface area contributed by atoms with Gasteiger partial charge in [0.1, 0.15) is 11.6 Å². The zero-order chi connectivity index (χ0) is 22.7. The third-order valence-electron chi connectivity index (χ3n) is 5.49. The molecule has 0 unspecified atom stereocenters. The van der Waals surface area contributed by atoms with E-state index in [1.165, 1.54) is 22.5 Å². The number of halogens is 1. The highest BCUT2D eigenvalue weighted by Gasteiger charge is 2.29. The first-order valence-electron chi connectivity index (χ1n) is 10.2. The molecule has 6 nitrogen and oxygen atoms in total. The molecule has 0 N–H and O–H groups in total. The number of rotatable bonds is 5. The Kier molecular flexibility index (Phi) is 6.25. The molecular formula is C24H23FN2O4S. The third kappa shape index (κ3) is 4.66. The van der Waals surface area contributed by atoms with Crippen LogP contribution in [0.15, 0.2) is 71.6 Å². The second-order valence-electron chi connectivity index (χ2n) is 7.49. The first-order valence-corrected chi connectivity index (χ1v) is 11.6. The Balaban J connectivity index is 1.38. The van der Waals surface area contributed by atoms with E-state index in [0.717, 1.165) is 34.2 Å². The molecule has 0 aromatic heterocycles. The molecule has 0 bridgehead atoms. The van der Waals surface area contributed by atoms with Crippen molar-refractivity contribution in [2.75, 3.05) is 33.3 Å². The average Bonchev–Trinajstić information content (AvgIpc) is 2.82. The summed E-state index contributed by atoms with van der Waals surface area (Å²) in [6.45, 7) is 0.969. The van der Waals surface area contributed by atoms with Gasteiger partial charge in [-0.3, -0.25) is 4.79 Å². The quantitative estimate of drug-likeness (QED) is 0.553. The van der Waals surface area contributed by atoms with Gasteiger partial charge < -0.3 is 9.64 Å². The molecule has 0 radical (unpaired) electrons. The molecule has 32 heavy (non-hydrogen) atoms. The molecule has 0 spiro atoms. The highest BCUT2D eigenvalue weighted by molar-refractivity contribution is 7.89. The highest BCUT2D eigenvalue weighted by Crippen LogP contribution is 2.23. The summed E-state index contributed by atoms with van der Waals surface area (Å²) in [5, 5.41) is 2.09. The van der Waals surface area contributed by atoms with Crippen molar-refractivity contribution in [3.8, 4) is 5.75 Å². The zero-order valence-corrected chi connectivity index (χ0v) is 18.4. The molecule has 0 aliphatic carbocycles. The Morgan fingerprint density at radius 2 is 1.59 bits per heavy atom. The SMILES string of the molecule is COc1ccc2cc(C=CC(=O)N3CCN(S(=O)(=O)c4ccc(F)cc4)CC3)ccc2c1. The van der Waals surface area contributed by atoms with Crippen LogP contribution in [0.5, 0.6) is 5.75 Å². The fourth-order valence-corrected chi connectivity index (χ4v) is 5.07. The van der Waals surface area contributed by atoms with Crippen LogP contribution in [0.1, 0.15) is 5.56 Å². The van der Waals surface area contributed by atoms with Crippen LogP contribution in [0.2, 0.25) is 0 Å². The molecule has 1 heterocycles. The molecule has 1 aliphatic heterocycles. The normalized spacial score (nSPS) is 15.4. The van der Waals surface area contributed by atoms with Gasteiger partial charge in [-0.25, -0.2) is 12.8 Å². The summed E-state index contributed by atoms with van der Waals surface area (Å²) >= 11 is 0. The van der Waals surface area contributed by atoms with Crippen LogP contribution < -0.4 is 4.74 Å². The number of ether oxygens (including phenoxy) is 1. The fraction of sp³-hybridized carbons (Fsp3) is 0.208. The summed E-state index contributed by atoms with van der Waals surface area (Å²) in [5.41, 5.74) is 0.897. The minimum Gasteiger partial charge on any atom is -0.497 e. The fourth-order valence-electron chi connectivity index (χ4n) is 3.65. The van der Waals surface area contributed by atoms with Gasteiger partial charge in [-0.05, 0) is 64.9 Å². The number of amides is 1. The molecule has 1 amide bonds. The van der Waals surface area contributed by atoms with Crippen molar-refractivity contribution in [1.29, 1.82) is 0 Å². The highest BCUT2D eigenvalue weighted by atomic mass is 32.2. The van der Waals surface area contributed by atoms with Gasteiger partial charge in [-0.1, -0.05) is 18.2 Å². The van der Waals surface area contributed by atoms with Gasteiger partial charge in [-0.15, -0.1) is 0 Å². The van der Waals surface area contributed by atoms with Crippen LogP contribution in [0.25, 0.3) is 16.8 Å².